The fourth-order valence-electron chi connectivity index (χ4n) is 3.22. The van der Waals surface area contributed by atoms with Gasteiger partial charge in [-0.1, -0.05) is 36.4 Å². The summed E-state index contributed by atoms with van der Waals surface area (Å²) < 4.78 is 27.3. The number of sulfonamides is 1. The molecular formula is C19H24N2O3S2. The molecule has 1 amide bonds. The second kappa shape index (κ2) is 8.79. The van der Waals surface area contributed by atoms with Crippen molar-refractivity contribution >= 4 is 27.3 Å². The number of carbonyl (C=O) groups excluding carboxylic acids is 1. The molecule has 1 N–H and O–H groups in total. The molecule has 1 aromatic heterocycles. The normalized spacial score (nSPS) is 18.0. The lowest BCUT2D eigenvalue weighted by molar-refractivity contribution is -0.132. The van der Waals surface area contributed by atoms with Gasteiger partial charge in [-0.25, -0.2) is 13.1 Å². The van der Waals surface area contributed by atoms with Crippen LogP contribution in [0.3, 0.4) is 0 Å². The second-order valence-electron chi connectivity index (χ2n) is 6.70. The molecule has 140 valence electrons. The monoisotopic (exact) mass is 392 g/mol. The number of amides is 1. The van der Waals surface area contributed by atoms with Gasteiger partial charge in [0.2, 0.25) is 15.9 Å². The molecule has 1 atom stereocenters. The van der Waals surface area contributed by atoms with Gasteiger partial charge in [0, 0.05) is 24.5 Å². The van der Waals surface area contributed by atoms with Crippen molar-refractivity contribution in [2.45, 2.75) is 25.0 Å². The van der Waals surface area contributed by atoms with Crippen molar-refractivity contribution in [2.75, 3.05) is 19.6 Å². The smallest absolute Gasteiger partial charge is 0.227 e. The van der Waals surface area contributed by atoms with E-state index in [4.69, 9.17) is 0 Å². The Morgan fingerprint density at radius 2 is 2.00 bits per heavy atom. The van der Waals surface area contributed by atoms with E-state index in [-0.39, 0.29) is 17.6 Å². The number of thiophene rings is 1. The largest absolute Gasteiger partial charge is 0.342 e. The molecule has 2 heterocycles. The highest BCUT2D eigenvalue weighted by Gasteiger charge is 2.25. The third kappa shape index (κ3) is 5.65. The Hall–Kier alpha value is -1.70. The van der Waals surface area contributed by atoms with Crippen molar-refractivity contribution in [1.29, 1.82) is 0 Å². The average Bonchev–Trinajstić information content (AvgIpc) is 3.14. The van der Waals surface area contributed by atoms with E-state index in [9.17, 15) is 13.2 Å². The SMILES string of the molecule is O=C(Cc1cccs1)N1CCC[C@@H](CNS(=O)(=O)Cc2ccccc2)C1. The van der Waals surface area contributed by atoms with E-state index in [1.54, 1.807) is 11.3 Å². The first kappa shape index (κ1) is 19.1. The predicted octanol–water partition coefficient (Wildman–Crippen LogP) is 2.65. The third-order valence-electron chi connectivity index (χ3n) is 4.57. The molecule has 0 saturated carbocycles. The van der Waals surface area contributed by atoms with Crippen LogP contribution in [0.15, 0.2) is 47.8 Å². The number of likely N-dealkylation sites (tertiary alicyclic amines) is 1. The molecule has 1 fully saturated rings. The van der Waals surface area contributed by atoms with Crippen molar-refractivity contribution in [3.63, 3.8) is 0 Å². The number of benzene rings is 1. The topological polar surface area (TPSA) is 66.5 Å². The van der Waals surface area contributed by atoms with E-state index in [2.05, 4.69) is 4.72 Å². The molecule has 26 heavy (non-hydrogen) atoms. The van der Waals surface area contributed by atoms with Gasteiger partial charge in [-0.3, -0.25) is 4.79 Å². The number of nitrogens with zero attached hydrogens (tertiary/aromatic N) is 1. The molecule has 0 aliphatic carbocycles. The highest BCUT2D eigenvalue weighted by atomic mass is 32.2. The molecule has 2 aromatic rings. The van der Waals surface area contributed by atoms with Gasteiger partial charge in [-0.15, -0.1) is 11.3 Å². The first-order valence-electron chi connectivity index (χ1n) is 8.83. The Balaban J connectivity index is 1.49. The summed E-state index contributed by atoms with van der Waals surface area (Å²) in [7, 11) is -3.36. The summed E-state index contributed by atoms with van der Waals surface area (Å²) in [5.74, 6) is 0.285. The zero-order chi connectivity index (χ0) is 18.4. The van der Waals surface area contributed by atoms with Crippen LogP contribution in [0.2, 0.25) is 0 Å². The summed E-state index contributed by atoms with van der Waals surface area (Å²) in [6.45, 7) is 1.77. The van der Waals surface area contributed by atoms with E-state index in [1.165, 1.54) is 0 Å². The molecule has 3 rings (SSSR count). The zero-order valence-corrected chi connectivity index (χ0v) is 16.3. The summed E-state index contributed by atoms with van der Waals surface area (Å²) in [6.07, 6.45) is 2.29. The number of rotatable bonds is 7. The number of carbonyl (C=O) groups is 1. The van der Waals surface area contributed by atoms with Gasteiger partial charge in [-0.2, -0.15) is 0 Å². The summed E-state index contributed by atoms with van der Waals surface area (Å²) >= 11 is 1.59. The summed E-state index contributed by atoms with van der Waals surface area (Å²) in [5.41, 5.74) is 0.774. The summed E-state index contributed by atoms with van der Waals surface area (Å²) in [6, 6.07) is 13.1. The van der Waals surface area contributed by atoms with Crippen molar-refractivity contribution in [2.24, 2.45) is 5.92 Å². The van der Waals surface area contributed by atoms with Gasteiger partial charge < -0.3 is 4.90 Å². The van der Waals surface area contributed by atoms with Gasteiger partial charge in [-0.05, 0) is 35.8 Å². The van der Waals surface area contributed by atoms with Crippen LogP contribution in [0.4, 0.5) is 0 Å². The fraction of sp³-hybridized carbons (Fsp3) is 0.421. The van der Waals surface area contributed by atoms with E-state index >= 15 is 0 Å². The Labute approximate surface area is 159 Å². The molecular weight excluding hydrogens is 368 g/mol. The fourth-order valence-corrected chi connectivity index (χ4v) is 5.14. The Morgan fingerprint density at radius 3 is 2.73 bits per heavy atom. The maximum Gasteiger partial charge on any atom is 0.227 e. The van der Waals surface area contributed by atoms with Crippen LogP contribution in [0.1, 0.15) is 23.3 Å². The lowest BCUT2D eigenvalue weighted by atomic mass is 9.98. The van der Waals surface area contributed by atoms with Crippen LogP contribution in [0, 0.1) is 5.92 Å². The van der Waals surface area contributed by atoms with Gasteiger partial charge in [0.1, 0.15) is 0 Å². The molecule has 1 aromatic carbocycles. The van der Waals surface area contributed by atoms with Crippen molar-refractivity contribution in [3.8, 4) is 0 Å². The Bertz CT molecular complexity index is 805. The zero-order valence-electron chi connectivity index (χ0n) is 14.6. The molecule has 0 unspecified atom stereocenters. The van der Waals surface area contributed by atoms with Crippen LogP contribution < -0.4 is 4.72 Å². The third-order valence-corrected chi connectivity index (χ3v) is 6.76. The van der Waals surface area contributed by atoms with Crippen LogP contribution >= 0.6 is 11.3 Å². The Morgan fingerprint density at radius 1 is 1.19 bits per heavy atom. The van der Waals surface area contributed by atoms with Crippen LogP contribution in [0.25, 0.3) is 0 Å². The minimum atomic E-state index is -3.36. The van der Waals surface area contributed by atoms with Gasteiger partial charge >= 0.3 is 0 Å². The van der Waals surface area contributed by atoms with Gasteiger partial charge in [0.15, 0.2) is 0 Å². The molecule has 7 heteroatoms. The quantitative estimate of drug-likeness (QED) is 0.788. The minimum absolute atomic E-state index is 0.0123. The Kier molecular flexibility index (Phi) is 6.45. The van der Waals surface area contributed by atoms with Crippen LogP contribution in [-0.4, -0.2) is 38.9 Å². The van der Waals surface area contributed by atoms with Crippen molar-refractivity contribution in [3.05, 3.63) is 58.3 Å². The van der Waals surface area contributed by atoms with Crippen LogP contribution in [0.5, 0.6) is 0 Å². The number of nitrogens with one attached hydrogen (secondary N) is 1. The molecule has 0 bridgehead atoms. The van der Waals surface area contributed by atoms with Crippen LogP contribution in [-0.2, 0) is 27.0 Å². The summed E-state index contributed by atoms with van der Waals surface area (Å²) in [5, 5.41) is 1.98. The van der Waals surface area contributed by atoms with E-state index in [0.717, 1.165) is 29.8 Å². The average molecular weight is 393 g/mol. The maximum atomic E-state index is 12.4. The number of hydrogen-bond donors (Lipinski definition) is 1. The van der Waals surface area contributed by atoms with E-state index in [0.29, 0.717) is 19.5 Å². The van der Waals surface area contributed by atoms with Crippen molar-refractivity contribution in [1.82, 2.24) is 9.62 Å². The summed E-state index contributed by atoms with van der Waals surface area (Å²) in [4.78, 5) is 15.4. The highest BCUT2D eigenvalue weighted by Crippen LogP contribution is 2.18. The molecule has 0 spiro atoms. The second-order valence-corrected chi connectivity index (χ2v) is 9.54. The first-order valence-corrected chi connectivity index (χ1v) is 11.4. The molecule has 1 aliphatic heterocycles. The lowest BCUT2D eigenvalue weighted by Crippen LogP contribution is -2.44. The standard InChI is InChI=1S/C19H24N2O3S2/c22-19(12-18-9-5-11-25-18)21-10-4-8-17(14-21)13-20-26(23,24)15-16-6-2-1-3-7-16/h1-3,5-7,9,11,17,20H,4,8,10,12-15H2/t17-/m0/s1. The molecule has 0 radical (unpaired) electrons. The van der Waals surface area contributed by atoms with Crippen molar-refractivity contribution < 1.29 is 13.2 Å². The maximum absolute atomic E-state index is 12.4. The minimum Gasteiger partial charge on any atom is -0.342 e. The number of piperidine rings is 1. The van der Waals surface area contributed by atoms with E-state index < -0.39 is 10.0 Å². The molecule has 1 saturated heterocycles. The van der Waals surface area contributed by atoms with Gasteiger partial charge in [0.25, 0.3) is 0 Å². The molecule has 5 nitrogen and oxygen atoms in total. The van der Waals surface area contributed by atoms with E-state index in [1.807, 2.05) is 52.7 Å². The number of hydrogen-bond acceptors (Lipinski definition) is 4. The molecule has 1 aliphatic rings. The lowest BCUT2D eigenvalue weighted by Gasteiger charge is -2.33. The first-order chi connectivity index (χ1) is 12.5. The predicted molar refractivity (Wildman–Crippen MR) is 104 cm³/mol. The highest BCUT2D eigenvalue weighted by molar-refractivity contribution is 7.88. The van der Waals surface area contributed by atoms with Gasteiger partial charge in [0.05, 0.1) is 12.2 Å².